The quantitative estimate of drug-likeness (QED) is 0.178. The lowest BCUT2D eigenvalue weighted by Gasteiger charge is -2.22. The molecule has 242 valence electrons. The highest BCUT2D eigenvalue weighted by atomic mass is 35.5. The smallest absolute Gasteiger partial charge is 0.465 e. The highest BCUT2D eigenvalue weighted by Crippen LogP contribution is 2.25. The van der Waals surface area contributed by atoms with Crippen molar-refractivity contribution in [3.8, 4) is 11.8 Å². The second kappa shape index (κ2) is 14.5. The molecule has 1 fully saturated rings. The highest BCUT2D eigenvalue weighted by Gasteiger charge is 2.31. The van der Waals surface area contributed by atoms with Crippen LogP contribution in [-0.2, 0) is 36.0 Å². The van der Waals surface area contributed by atoms with Crippen LogP contribution in [0.4, 0.5) is 13.2 Å². The zero-order chi connectivity index (χ0) is 32.0. The van der Waals surface area contributed by atoms with Gasteiger partial charge in [0.2, 0.25) is 0 Å². The lowest BCUT2D eigenvalue weighted by molar-refractivity contribution is -0.274. The zero-order valence-corrected chi connectivity index (χ0v) is 25.5. The van der Waals surface area contributed by atoms with Gasteiger partial charge >= 0.3 is 12.1 Å². The maximum absolute atomic E-state index is 13.8. The van der Waals surface area contributed by atoms with Crippen LogP contribution in [-0.4, -0.2) is 51.2 Å². The van der Waals surface area contributed by atoms with Gasteiger partial charge in [-0.15, -0.1) is 13.2 Å². The predicted molar refractivity (Wildman–Crippen MR) is 161 cm³/mol. The average molecular weight is 651 g/mol. The van der Waals surface area contributed by atoms with E-state index in [1.807, 2.05) is 12.1 Å². The molecule has 2 aromatic carbocycles. The third-order valence-corrected chi connectivity index (χ3v) is 7.64. The van der Waals surface area contributed by atoms with Crippen LogP contribution in [0.15, 0.2) is 58.1 Å². The molecule has 2 aromatic heterocycles. The second-order valence-corrected chi connectivity index (χ2v) is 11.2. The van der Waals surface area contributed by atoms with Crippen LogP contribution in [0.5, 0.6) is 11.8 Å². The molecule has 0 amide bonds. The Kier molecular flexibility index (Phi) is 10.5. The van der Waals surface area contributed by atoms with Crippen molar-refractivity contribution in [2.45, 2.75) is 64.3 Å². The lowest BCUT2D eigenvalue weighted by Crippen LogP contribution is -2.40. The third-order valence-electron chi connectivity index (χ3n) is 7.39. The molecule has 0 radical (unpaired) electrons. The van der Waals surface area contributed by atoms with Gasteiger partial charge in [0.15, 0.2) is 17.5 Å². The summed E-state index contributed by atoms with van der Waals surface area (Å²) < 4.78 is 63.3. The van der Waals surface area contributed by atoms with Crippen molar-refractivity contribution in [1.29, 1.82) is 0 Å². The number of ether oxygens (including phenoxy) is 4. The van der Waals surface area contributed by atoms with Crippen LogP contribution in [0, 0.1) is 0 Å². The topological polar surface area (TPSA) is 98.7 Å². The molecule has 0 aliphatic carbocycles. The number of hydrogen-bond donors (Lipinski definition) is 0. The Hall–Kier alpha value is -3.81. The maximum Gasteiger partial charge on any atom is 0.573 e. The molecule has 1 saturated heterocycles. The van der Waals surface area contributed by atoms with Crippen molar-refractivity contribution in [1.82, 2.24) is 18.7 Å². The molecule has 1 aliphatic rings. The largest absolute Gasteiger partial charge is 0.573 e. The Balaban J connectivity index is 1.35. The summed E-state index contributed by atoms with van der Waals surface area (Å²) in [6.45, 7) is 1.51. The van der Waals surface area contributed by atoms with E-state index in [-0.39, 0.29) is 48.9 Å². The van der Waals surface area contributed by atoms with Crippen molar-refractivity contribution in [3.63, 3.8) is 0 Å². The van der Waals surface area contributed by atoms with E-state index in [0.717, 1.165) is 24.8 Å². The van der Waals surface area contributed by atoms with Gasteiger partial charge in [0.25, 0.3) is 11.6 Å². The summed E-state index contributed by atoms with van der Waals surface area (Å²) in [6.07, 6.45) is -0.897. The number of aryl methyl sites for hydroxylation is 2. The van der Waals surface area contributed by atoms with E-state index in [9.17, 15) is 22.8 Å². The molecule has 1 unspecified atom stereocenters. The first-order valence-corrected chi connectivity index (χ1v) is 15.1. The molecule has 14 heteroatoms. The summed E-state index contributed by atoms with van der Waals surface area (Å²) in [5, 5.41) is 0.556. The summed E-state index contributed by atoms with van der Waals surface area (Å²) in [6, 6.07) is 13.0. The summed E-state index contributed by atoms with van der Waals surface area (Å²) in [4.78, 5) is 31.5. The number of hydrogen-bond acceptors (Lipinski definition) is 7. The van der Waals surface area contributed by atoms with E-state index in [0.29, 0.717) is 43.1 Å². The Morgan fingerprint density at radius 1 is 1.02 bits per heavy atom. The van der Waals surface area contributed by atoms with E-state index in [4.69, 9.17) is 25.8 Å². The molecule has 0 spiro atoms. The number of alkyl halides is 3. The Bertz CT molecular complexity index is 1710. The number of aromatic nitrogens is 4. The molecule has 1 aliphatic heterocycles. The fourth-order valence-corrected chi connectivity index (χ4v) is 5.32. The molecule has 4 aromatic rings. The van der Waals surface area contributed by atoms with Gasteiger partial charge in [-0.3, -0.25) is 18.5 Å². The Labute approximate surface area is 261 Å². The van der Waals surface area contributed by atoms with Gasteiger partial charge < -0.3 is 18.9 Å². The molecular formula is C31H34ClF3N4O6. The lowest BCUT2D eigenvalue weighted by atomic mass is 10.1. The fourth-order valence-electron chi connectivity index (χ4n) is 5.20. The van der Waals surface area contributed by atoms with Gasteiger partial charge in [-0.05, 0) is 73.9 Å². The average Bonchev–Trinajstić information content (AvgIpc) is 3.37. The zero-order valence-electron chi connectivity index (χ0n) is 24.7. The molecule has 5 rings (SSSR count). The van der Waals surface area contributed by atoms with Gasteiger partial charge in [-0.25, -0.2) is 4.79 Å². The van der Waals surface area contributed by atoms with Crippen LogP contribution in [0.25, 0.3) is 11.2 Å². The van der Waals surface area contributed by atoms with E-state index in [2.05, 4.69) is 9.72 Å². The summed E-state index contributed by atoms with van der Waals surface area (Å²) in [7, 11) is 1.55. The van der Waals surface area contributed by atoms with E-state index in [1.165, 1.54) is 27.3 Å². The van der Waals surface area contributed by atoms with Crippen LogP contribution in [0.1, 0.15) is 43.2 Å². The van der Waals surface area contributed by atoms with Crippen LogP contribution in [0.3, 0.4) is 0 Å². The molecule has 0 saturated carbocycles. The molecule has 1 atom stereocenters. The molecule has 45 heavy (non-hydrogen) atoms. The second-order valence-electron chi connectivity index (χ2n) is 10.7. The number of fused-ring (bicyclic) bond motifs is 1. The standard InChI is InChI=1S/C31H34ClF3N4O6/c1-37-27-26(28(40)38(30(37)41)15-6-18-43-25-10-2-3-16-42-25)39(20-22-11-13-23(32)14-12-22)29(36-27)44-17-5-8-21-7-4-9-24(19-21)45-31(33,34)35/h4,7,9,11-14,19,25H,2-3,5-6,8,10,15-18,20H2,1H3. The van der Waals surface area contributed by atoms with Gasteiger partial charge in [0.05, 0.1) is 19.8 Å². The van der Waals surface area contributed by atoms with Gasteiger partial charge in [0, 0.05) is 25.2 Å². The number of rotatable bonds is 13. The van der Waals surface area contributed by atoms with Crippen molar-refractivity contribution in [3.05, 3.63) is 85.5 Å². The predicted octanol–water partition coefficient (Wildman–Crippen LogP) is 5.44. The van der Waals surface area contributed by atoms with Crippen molar-refractivity contribution >= 4 is 22.8 Å². The molecule has 0 bridgehead atoms. The van der Waals surface area contributed by atoms with Crippen molar-refractivity contribution < 1.29 is 32.1 Å². The molecule has 3 heterocycles. The molecule has 0 N–H and O–H groups in total. The number of imidazole rings is 1. The monoisotopic (exact) mass is 650 g/mol. The first-order chi connectivity index (χ1) is 21.6. The molecular weight excluding hydrogens is 617 g/mol. The number of benzene rings is 2. The number of halogens is 4. The minimum atomic E-state index is -4.78. The summed E-state index contributed by atoms with van der Waals surface area (Å²) in [5.41, 5.74) is 0.833. The third kappa shape index (κ3) is 8.47. The van der Waals surface area contributed by atoms with E-state index >= 15 is 0 Å². The van der Waals surface area contributed by atoms with Gasteiger partial charge in [-0.1, -0.05) is 35.9 Å². The SMILES string of the molecule is Cn1c(=O)n(CCCOC2CCCCO2)c(=O)c2c1nc(OCCCc1cccc(OC(F)(F)F)c1)n2Cc1ccc(Cl)cc1. The first kappa shape index (κ1) is 32.6. The first-order valence-electron chi connectivity index (χ1n) is 14.7. The van der Waals surface area contributed by atoms with E-state index < -0.39 is 17.6 Å². The van der Waals surface area contributed by atoms with E-state index in [1.54, 1.807) is 29.8 Å². The fraction of sp³-hybridized carbons (Fsp3) is 0.452. The normalized spacial score (nSPS) is 15.4. The Morgan fingerprint density at radius 2 is 1.82 bits per heavy atom. The number of nitrogens with zero attached hydrogens (tertiary/aromatic N) is 4. The van der Waals surface area contributed by atoms with Crippen molar-refractivity contribution in [2.24, 2.45) is 7.05 Å². The van der Waals surface area contributed by atoms with Crippen molar-refractivity contribution in [2.75, 3.05) is 19.8 Å². The maximum atomic E-state index is 13.8. The van der Waals surface area contributed by atoms with Gasteiger partial charge in [-0.2, -0.15) is 4.98 Å². The summed E-state index contributed by atoms with van der Waals surface area (Å²) in [5.74, 6) is -0.295. The van der Waals surface area contributed by atoms with Gasteiger partial charge in [0.1, 0.15) is 5.75 Å². The van der Waals surface area contributed by atoms with Crippen LogP contribution < -0.4 is 20.7 Å². The Morgan fingerprint density at radius 3 is 2.56 bits per heavy atom. The highest BCUT2D eigenvalue weighted by molar-refractivity contribution is 6.30. The van der Waals surface area contributed by atoms with Crippen LogP contribution >= 0.6 is 11.6 Å². The van der Waals surface area contributed by atoms with Crippen LogP contribution in [0.2, 0.25) is 5.02 Å². The summed E-state index contributed by atoms with van der Waals surface area (Å²) >= 11 is 6.07. The molecule has 10 nitrogen and oxygen atoms in total. The minimum Gasteiger partial charge on any atom is -0.465 e. The minimum absolute atomic E-state index is 0.136.